The van der Waals surface area contributed by atoms with Crippen LogP contribution in [0, 0.1) is 0 Å². The molecular weight excluding hydrogens is 302 g/mol. The van der Waals surface area contributed by atoms with Crippen molar-refractivity contribution < 1.29 is 9.59 Å². The fourth-order valence-electron chi connectivity index (χ4n) is 2.41. The Balaban J connectivity index is 0.00000242. The lowest BCUT2D eigenvalue weighted by Crippen LogP contribution is -2.54. The van der Waals surface area contributed by atoms with E-state index in [1.807, 2.05) is 13.8 Å². The number of halogens is 1. The fraction of sp³-hybridized carbons (Fsp3) is 0.500. The zero-order chi connectivity index (χ0) is 15.3. The Labute approximate surface area is 137 Å². The van der Waals surface area contributed by atoms with Gasteiger partial charge in [-0.2, -0.15) is 0 Å². The number of anilines is 2. The SMILES string of the molecule is CCC(=O)Nc1ccc(NC(=O)C2(C)CCCCN2)cc1.Cl. The fourth-order valence-corrected chi connectivity index (χ4v) is 2.41. The molecule has 122 valence electrons. The number of piperidine rings is 1. The van der Waals surface area contributed by atoms with E-state index in [9.17, 15) is 9.59 Å². The van der Waals surface area contributed by atoms with E-state index in [2.05, 4.69) is 16.0 Å². The van der Waals surface area contributed by atoms with Crippen molar-refractivity contribution in [3.8, 4) is 0 Å². The van der Waals surface area contributed by atoms with Crippen LogP contribution in [-0.2, 0) is 9.59 Å². The minimum atomic E-state index is -0.493. The molecule has 1 aliphatic heterocycles. The minimum Gasteiger partial charge on any atom is -0.326 e. The Kier molecular flexibility index (Phi) is 6.84. The monoisotopic (exact) mass is 325 g/mol. The first-order valence-electron chi connectivity index (χ1n) is 7.50. The highest BCUT2D eigenvalue weighted by molar-refractivity contribution is 5.98. The van der Waals surface area contributed by atoms with Crippen LogP contribution < -0.4 is 16.0 Å². The van der Waals surface area contributed by atoms with Crippen LogP contribution in [0.25, 0.3) is 0 Å². The molecule has 1 unspecified atom stereocenters. The summed E-state index contributed by atoms with van der Waals surface area (Å²) < 4.78 is 0. The number of nitrogens with one attached hydrogen (secondary N) is 3. The van der Waals surface area contributed by atoms with Gasteiger partial charge in [0, 0.05) is 17.8 Å². The zero-order valence-electron chi connectivity index (χ0n) is 13.1. The van der Waals surface area contributed by atoms with Crippen LogP contribution in [0.1, 0.15) is 39.5 Å². The van der Waals surface area contributed by atoms with E-state index in [4.69, 9.17) is 0 Å². The first kappa shape index (κ1) is 18.5. The van der Waals surface area contributed by atoms with Crippen LogP contribution in [0.2, 0.25) is 0 Å². The van der Waals surface area contributed by atoms with E-state index >= 15 is 0 Å². The van der Waals surface area contributed by atoms with Crippen LogP contribution >= 0.6 is 12.4 Å². The number of carbonyl (C=O) groups excluding carboxylic acids is 2. The van der Waals surface area contributed by atoms with Crippen LogP contribution in [-0.4, -0.2) is 23.9 Å². The molecule has 3 N–H and O–H groups in total. The van der Waals surface area contributed by atoms with Gasteiger partial charge in [0.2, 0.25) is 11.8 Å². The largest absolute Gasteiger partial charge is 0.326 e. The predicted molar refractivity (Wildman–Crippen MR) is 91.5 cm³/mol. The molecule has 1 fully saturated rings. The van der Waals surface area contributed by atoms with Crippen molar-refractivity contribution in [2.75, 3.05) is 17.2 Å². The maximum Gasteiger partial charge on any atom is 0.244 e. The molecule has 0 aliphatic carbocycles. The number of carbonyl (C=O) groups is 2. The summed E-state index contributed by atoms with van der Waals surface area (Å²) in [4.78, 5) is 23.7. The van der Waals surface area contributed by atoms with Crippen LogP contribution in [0.15, 0.2) is 24.3 Å². The summed E-state index contributed by atoms with van der Waals surface area (Å²) in [6, 6.07) is 7.18. The first-order valence-corrected chi connectivity index (χ1v) is 7.50. The second kappa shape index (κ2) is 8.15. The quantitative estimate of drug-likeness (QED) is 0.797. The number of benzene rings is 1. The smallest absolute Gasteiger partial charge is 0.244 e. The molecule has 1 aliphatic rings. The molecule has 5 nitrogen and oxygen atoms in total. The molecule has 6 heteroatoms. The average molecular weight is 326 g/mol. The normalized spacial score (nSPS) is 20.6. The Morgan fingerprint density at radius 1 is 1.14 bits per heavy atom. The molecule has 0 aromatic heterocycles. The van der Waals surface area contributed by atoms with Gasteiger partial charge in [0.25, 0.3) is 0 Å². The summed E-state index contributed by atoms with van der Waals surface area (Å²) >= 11 is 0. The molecule has 1 aromatic rings. The van der Waals surface area contributed by atoms with Crippen LogP contribution in [0.3, 0.4) is 0 Å². The molecule has 0 spiro atoms. The molecule has 2 amide bonds. The Morgan fingerprint density at radius 3 is 2.23 bits per heavy atom. The van der Waals surface area contributed by atoms with E-state index in [0.717, 1.165) is 37.2 Å². The molecule has 1 heterocycles. The van der Waals surface area contributed by atoms with Crippen molar-refractivity contribution in [1.82, 2.24) is 5.32 Å². The molecule has 1 saturated heterocycles. The molecule has 1 atom stereocenters. The van der Waals surface area contributed by atoms with Crippen molar-refractivity contribution in [2.24, 2.45) is 0 Å². The molecule has 2 rings (SSSR count). The van der Waals surface area contributed by atoms with E-state index in [-0.39, 0.29) is 24.2 Å². The second-order valence-electron chi connectivity index (χ2n) is 5.65. The summed E-state index contributed by atoms with van der Waals surface area (Å²) in [6.45, 7) is 4.63. The highest BCUT2D eigenvalue weighted by Crippen LogP contribution is 2.21. The summed E-state index contributed by atoms with van der Waals surface area (Å²) in [6.07, 6.45) is 3.49. The predicted octanol–water partition coefficient (Wildman–Crippen LogP) is 2.93. The summed E-state index contributed by atoms with van der Waals surface area (Å²) in [5.74, 6) is -0.0294. The maximum absolute atomic E-state index is 12.4. The van der Waals surface area contributed by atoms with Gasteiger partial charge in [0.05, 0.1) is 5.54 Å². The molecular formula is C16H24ClN3O2. The van der Waals surface area contributed by atoms with E-state index in [0.29, 0.717) is 6.42 Å². The standard InChI is InChI=1S/C16H23N3O2.ClH/c1-3-14(20)18-12-6-8-13(9-7-12)19-15(21)16(2)10-4-5-11-17-16;/h6-9,17H,3-5,10-11H2,1-2H3,(H,18,20)(H,19,21);1H. The number of amides is 2. The number of rotatable bonds is 4. The molecule has 0 saturated carbocycles. The van der Waals surface area contributed by atoms with Crippen molar-refractivity contribution in [1.29, 1.82) is 0 Å². The third-order valence-corrected chi connectivity index (χ3v) is 3.87. The van der Waals surface area contributed by atoms with E-state index in [1.54, 1.807) is 24.3 Å². The van der Waals surface area contributed by atoms with E-state index < -0.39 is 5.54 Å². The Hall–Kier alpha value is -1.59. The average Bonchev–Trinajstić information content (AvgIpc) is 2.50. The third-order valence-electron chi connectivity index (χ3n) is 3.87. The summed E-state index contributed by atoms with van der Waals surface area (Å²) in [5.41, 5.74) is 0.984. The molecule has 0 radical (unpaired) electrons. The van der Waals surface area contributed by atoms with Gasteiger partial charge in [-0.05, 0) is 57.0 Å². The van der Waals surface area contributed by atoms with Crippen molar-refractivity contribution in [3.05, 3.63) is 24.3 Å². The number of hydrogen-bond donors (Lipinski definition) is 3. The van der Waals surface area contributed by atoms with Gasteiger partial charge in [0.15, 0.2) is 0 Å². The van der Waals surface area contributed by atoms with Gasteiger partial charge in [-0.25, -0.2) is 0 Å². The van der Waals surface area contributed by atoms with Crippen molar-refractivity contribution in [3.63, 3.8) is 0 Å². The van der Waals surface area contributed by atoms with Gasteiger partial charge < -0.3 is 16.0 Å². The number of hydrogen-bond acceptors (Lipinski definition) is 3. The van der Waals surface area contributed by atoms with Crippen LogP contribution in [0.5, 0.6) is 0 Å². The highest BCUT2D eigenvalue weighted by atomic mass is 35.5. The van der Waals surface area contributed by atoms with Gasteiger partial charge >= 0.3 is 0 Å². The highest BCUT2D eigenvalue weighted by Gasteiger charge is 2.34. The lowest BCUT2D eigenvalue weighted by molar-refractivity contribution is -0.122. The summed E-state index contributed by atoms with van der Waals surface area (Å²) in [5, 5.41) is 9.00. The lowest BCUT2D eigenvalue weighted by Gasteiger charge is -2.33. The van der Waals surface area contributed by atoms with Gasteiger partial charge in [-0.15, -0.1) is 12.4 Å². The molecule has 22 heavy (non-hydrogen) atoms. The third kappa shape index (κ3) is 4.71. The minimum absolute atomic E-state index is 0. The van der Waals surface area contributed by atoms with Gasteiger partial charge in [0.1, 0.15) is 0 Å². The first-order chi connectivity index (χ1) is 10.0. The zero-order valence-corrected chi connectivity index (χ0v) is 13.9. The van der Waals surface area contributed by atoms with E-state index in [1.165, 1.54) is 0 Å². The molecule has 0 bridgehead atoms. The lowest BCUT2D eigenvalue weighted by atomic mass is 9.90. The maximum atomic E-state index is 12.4. The van der Waals surface area contributed by atoms with Crippen molar-refractivity contribution in [2.45, 2.75) is 45.1 Å². The topological polar surface area (TPSA) is 70.2 Å². The van der Waals surface area contributed by atoms with Crippen molar-refractivity contribution >= 4 is 35.6 Å². The Morgan fingerprint density at radius 2 is 1.73 bits per heavy atom. The Bertz CT molecular complexity index is 511. The van der Waals surface area contributed by atoms with Crippen LogP contribution in [0.4, 0.5) is 11.4 Å². The van der Waals surface area contributed by atoms with Gasteiger partial charge in [-0.3, -0.25) is 9.59 Å². The second-order valence-corrected chi connectivity index (χ2v) is 5.65. The summed E-state index contributed by atoms with van der Waals surface area (Å²) in [7, 11) is 0. The van der Waals surface area contributed by atoms with Gasteiger partial charge in [-0.1, -0.05) is 6.92 Å². The molecule has 1 aromatic carbocycles.